The van der Waals surface area contributed by atoms with E-state index in [9.17, 15) is 4.79 Å². The van der Waals surface area contributed by atoms with E-state index >= 15 is 0 Å². The molecule has 1 amide bonds. The number of anilines is 1. The zero-order chi connectivity index (χ0) is 15.5. The molecule has 0 radical (unpaired) electrons. The van der Waals surface area contributed by atoms with Gasteiger partial charge < -0.3 is 11.1 Å². The Bertz CT molecular complexity index is 551. The van der Waals surface area contributed by atoms with Gasteiger partial charge in [0.25, 0.3) is 0 Å². The van der Waals surface area contributed by atoms with Crippen LogP contribution in [0.15, 0.2) is 22.7 Å². The summed E-state index contributed by atoms with van der Waals surface area (Å²) in [5.74, 6) is -0.0665. The smallest absolute Gasteiger partial charge is 0.237 e. The van der Waals surface area contributed by atoms with Crippen LogP contribution >= 0.6 is 28.1 Å². The Kier molecular flexibility index (Phi) is 5.38. The van der Waals surface area contributed by atoms with E-state index in [1.807, 2.05) is 25.1 Å². The summed E-state index contributed by atoms with van der Waals surface area (Å²) in [5, 5.41) is 3.02. The van der Waals surface area contributed by atoms with Crippen LogP contribution in [0, 0.1) is 12.3 Å². The summed E-state index contributed by atoms with van der Waals surface area (Å²) in [6.07, 6.45) is 5.78. The average Bonchev–Trinajstić information content (AvgIpc) is 2.70. The maximum Gasteiger partial charge on any atom is 0.237 e. The summed E-state index contributed by atoms with van der Waals surface area (Å²) in [6.45, 7) is 1.99. The standard InChI is InChI=1S/C16H21BrN2OS/c1-11-7-6-8-12(13(11)17)19-15(20)16(14(18)21)9-4-2-3-5-10-16/h6-8H,2-5,9-10H2,1H3,(H2,18,21)(H,19,20). The molecule has 114 valence electrons. The molecule has 21 heavy (non-hydrogen) atoms. The highest BCUT2D eigenvalue weighted by atomic mass is 79.9. The molecular weight excluding hydrogens is 348 g/mol. The maximum absolute atomic E-state index is 12.8. The molecule has 0 aromatic heterocycles. The molecule has 1 aromatic carbocycles. The third-order valence-corrected chi connectivity index (χ3v) is 5.75. The third kappa shape index (κ3) is 3.46. The molecule has 1 aliphatic carbocycles. The summed E-state index contributed by atoms with van der Waals surface area (Å²) in [7, 11) is 0. The minimum absolute atomic E-state index is 0.0665. The quantitative estimate of drug-likeness (QED) is 0.616. The van der Waals surface area contributed by atoms with Crippen molar-refractivity contribution in [3.8, 4) is 0 Å². The van der Waals surface area contributed by atoms with E-state index in [4.69, 9.17) is 18.0 Å². The lowest BCUT2D eigenvalue weighted by Crippen LogP contribution is -2.45. The molecule has 0 atom stereocenters. The highest BCUT2D eigenvalue weighted by molar-refractivity contribution is 9.10. The normalized spacial score (nSPS) is 17.8. The van der Waals surface area contributed by atoms with Crippen LogP contribution in [0.25, 0.3) is 0 Å². The third-order valence-electron chi connectivity index (χ3n) is 4.30. The zero-order valence-electron chi connectivity index (χ0n) is 12.2. The van der Waals surface area contributed by atoms with Gasteiger partial charge in [-0.2, -0.15) is 0 Å². The molecule has 0 saturated heterocycles. The van der Waals surface area contributed by atoms with Crippen molar-refractivity contribution in [2.75, 3.05) is 5.32 Å². The van der Waals surface area contributed by atoms with E-state index in [1.54, 1.807) is 0 Å². The molecule has 1 saturated carbocycles. The number of halogens is 1. The Morgan fingerprint density at radius 2 is 1.90 bits per heavy atom. The second-order valence-corrected chi connectivity index (χ2v) is 6.98. The van der Waals surface area contributed by atoms with E-state index in [0.717, 1.165) is 54.2 Å². The SMILES string of the molecule is Cc1cccc(NC(=O)C2(C(N)=S)CCCCCC2)c1Br. The zero-order valence-corrected chi connectivity index (χ0v) is 14.6. The van der Waals surface area contributed by atoms with E-state index < -0.39 is 5.41 Å². The van der Waals surface area contributed by atoms with E-state index in [0.29, 0.717) is 4.99 Å². The Balaban J connectivity index is 2.27. The van der Waals surface area contributed by atoms with Crippen molar-refractivity contribution in [3.05, 3.63) is 28.2 Å². The van der Waals surface area contributed by atoms with Crippen LogP contribution in [-0.4, -0.2) is 10.9 Å². The van der Waals surface area contributed by atoms with Gasteiger partial charge in [-0.1, -0.05) is 50.0 Å². The summed E-state index contributed by atoms with van der Waals surface area (Å²) in [6, 6.07) is 5.81. The summed E-state index contributed by atoms with van der Waals surface area (Å²) < 4.78 is 0.907. The van der Waals surface area contributed by atoms with Crippen LogP contribution in [0.4, 0.5) is 5.69 Å². The molecule has 2 rings (SSSR count). The molecule has 0 unspecified atom stereocenters. The molecule has 3 nitrogen and oxygen atoms in total. The molecule has 0 bridgehead atoms. The predicted molar refractivity (Wildman–Crippen MR) is 94.4 cm³/mol. The fraction of sp³-hybridized carbons (Fsp3) is 0.500. The lowest BCUT2D eigenvalue weighted by Gasteiger charge is -2.30. The maximum atomic E-state index is 12.8. The van der Waals surface area contributed by atoms with Crippen molar-refractivity contribution in [2.45, 2.75) is 45.4 Å². The Hall–Kier alpha value is -0.940. The molecule has 1 fully saturated rings. The number of carbonyl (C=O) groups is 1. The van der Waals surface area contributed by atoms with Gasteiger partial charge in [0.15, 0.2) is 0 Å². The minimum Gasteiger partial charge on any atom is -0.392 e. The lowest BCUT2D eigenvalue weighted by atomic mass is 9.79. The van der Waals surface area contributed by atoms with Crippen LogP contribution in [0.1, 0.15) is 44.1 Å². The van der Waals surface area contributed by atoms with Crippen molar-refractivity contribution in [1.82, 2.24) is 0 Å². The Morgan fingerprint density at radius 1 is 1.29 bits per heavy atom. The fourth-order valence-corrected chi connectivity index (χ4v) is 3.56. The Labute approximate surface area is 139 Å². The largest absolute Gasteiger partial charge is 0.392 e. The number of thiocarbonyl (C=S) groups is 1. The van der Waals surface area contributed by atoms with Crippen LogP contribution in [-0.2, 0) is 4.79 Å². The van der Waals surface area contributed by atoms with Crippen molar-refractivity contribution in [1.29, 1.82) is 0 Å². The topological polar surface area (TPSA) is 55.1 Å². The van der Waals surface area contributed by atoms with E-state index in [1.165, 1.54) is 0 Å². The van der Waals surface area contributed by atoms with Crippen molar-refractivity contribution in [2.24, 2.45) is 11.1 Å². The van der Waals surface area contributed by atoms with Gasteiger partial charge in [-0.15, -0.1) is 0 Å². The van der Waals surface area contributed by atoms with Gasteiger partial charge in [-0.3, -0.25) is 4.79 Å². The second kappa shape index (κ2) is 6.88. The van der Waals surface area contributed by atoms with Gasteiger partial charge in [-0.25, -0.2) is 0 Å². The molecule has 3 N–H and O–H groups in total. The van der Waals surface area contributed by atoms with Gasteiger partial charge in [0.05, 0.1) is 16.1 Å². The van der Waals surface area contributed by atoms with Gasteiger partial charge in [0.2, 0.25) is 5.91 Å². The number of rotatable bonds is 3. The number of benzene rings is 1. The number of aryl methyl sites for hydroxylation is 1. The molecule has 0 spiro atoms. The average molecular weight is 369 g/mol. The molecule has 1 aliphatic rings. The van der Waals surface area contributed by atoms with E-state index in [-0.39, 0.29) is 5.91 Å². The summed E-state index contributed by atoms with van der Waals surface area (Å²) in [5.41, 5.74) is 7.11. The highest BCUT2D eigenvalue weighted by Gasteiger charge is 2.41. The van der Waals surface area contributed by atoms with Gasteiger partial charge in [0, 0.05) is 4.47 Å². The number of nitrogens with one attached hydrogen (secondary N) is 1. The van der Waals surface area contributed by atoms with Gasteiger partial charge in [0.1, 0.15) is 0 Å². The monoisotopic (exact) mass is 368 g/mol. The number of hydrogen-bond donors (Lipinski definition) is 2. The number of hydrogen-bond acceptors (Lipinski definition) is 2. The molecule has 5 heteroatoms. The second-order valence-electron chi connectivity index (χ2n) is 5.75. The van der Waals surface area contributed by atoms with Gasteiger partial charge >= 0.3 is 0 Å². The number of carbonyl (C=O) groups excluding carboxylic acids is 1. The van der Waals surface area contributed by atoms with Gasteiger partial charge in [-0.05, 0) is 47.3 Å². The van der Waals surface area contributed by atoms with Crippen molar-refractivity contribution in [3.63, 3.8) is 0 Å². The molecule has 0 heterocycles. The molecule has 1 aromatic rings. The van der Waals surface area contributed by atoms with Crippen LogP contribution in [0.3, 0.4) is 0 Å². The van der Waals surface area contributed by atoms with Crippen LogP contribution in [0.2, 0.25) is 0 Å². The minimum atomic E-state index is -0.699. The summed E-state index contributed by atoms with van der Waals surface area (Å²) >= 11 is 8.77. The Morgan fingerprint density at radius 3 is 2.48 bits per heavy atom. The first-order chi connectivity index (χ1) is 9.97. The first kappa shape index (κ1) is 16.4. The molecule has 0 aliphatic heterocycles. The summed E-state index contributed by atoms with van der Waals surface area (Å²) in [4.78, 5) is 13.2. The predicted octanol–water partition coefficient (Wildman–Crippen LogP) is 4.32. The van der Waals surface area contributed by atoms with Crippen molar-refractivity contribution >= 4 is 44.7 Å². The van der Waals surface area contributed by atoms with Crippen LogP contribution < -0.4 is 11.1 Å². The number of nitrogens with two attached hydrogens (primary N) is 1. The lowest BCUT2D eigenvalue weighted by molar-refractivity contribution is -0.122. The first-order valence-electron chi connectivity index (χ1n) is 7.34. The first-order valence-corrected chi connectivity index (χ1v) is 8.54. The van der Waals surface area contributed by atoms with Crippen molar-refractivity contribution < 1.29 is 4.79 Å². The molecular formula is C16H21BrN2OS. The van der Waals surface area contributed by atoms with Crippen LogP contribution in [0.5, 0.6) is 0 Å². The van der Waals surface area contributed by atoms with E-state index in [2.05, 4.69) is 21.2 Å². The highest BCUT2D eigenvalue weighted by Crippen LogP contribution is 2.37. The number of amides is 1. The fourth-order valence-electron chi connectivity index (χ4n) is 2.90.